The molecule has 2 rings (SSSR count). The molecular formula is C17H25NO4. The van der Waals surface area contributed by atoms with Gasteiger partial charge in [0.05, 0.1) is 27.2 Å². The molecule has 0 amide bonds. The first-order valence-electron chi connectivity index (χ1n) is 7.70. The molecule has 0 atom stereocenters. The number of methoxy groups -OCH3 is 3. The van der Waals surface area contributed by atoms with Gasteiger partial charge in [0.1, 0.15) is 0 Å². The van der Waals surface area contributed by atoms with Crippen LogP contribution in [0.4, 0.5) is 0 Å². The fourth-order valence-electron chi connectivity index (χ4n) is 3.05. The quantitative estimate of drug-likeness (QED) is 0.819. The fraction of sp³-hybridized carbons (Fsp3) is 0.588. The molecule has 0 saturated heterocycles. The molecule has 1 N–H and O–H groups in total. The Morgan fingerprint density at radius 3 is 2.45 bits per heavy atom. The van der Waals surface area contributed by atoms with Gasteiger partial charge in [-0.3, -0.25) is 4.79 Å². The molecule has 0 radical (unpaired) electrons. The summed E-state index contributed by atoms with van der Waals surface area (Å²) in [7, 11) is 4.76. The molecule has 122 valence electrons. The van der Waals surface area contributed by atoms with E-state index in [1.807, 2.05) is 18.2 Å². The summed E-state index contributed by atoms with van der Waals surface area (Å²) >= 11 is 0. The minimum absolute atomic E-state index is 0.0643. The molecule has 1 saturated carbocycles. The number of nitrogens with one attached hydrogen (secondary N) is 1. The van der Waals surface area contributed by atoms with E-state index in [-0.39, 0.29) is 11.9 Å². The molecule has 1 fully saturated rings. The Hall–Kier alpha value is -1.75. The third kappa shape index (κ3) is 3.91. The van der Waals surface area contributed by atoms with Crippen molar-refractivity contribution in [3.63, 3.8) is 0 Å². The van der Waals surface area contributed by atoms with Crippen molar-refractivity contribution in [3.05, 3.63) is 23.8 Å². The molecule has 0 spiro atoms. The summed E-state index contributed by atoms with van der Waals surface area (Å²) < 4.78 is 15.6. The van der Waals surface area contributed by atoms with Gasteiger partial charge in [0.25, 0.3) is 0 Å². The van der Waals surface area contributed by atoms with Crippen LogP contribution in [0.25, 0.3) is 0 Å². The van der Waals surface area contributed by atoms with Crippen molar-refractivity contribution in [2.75, 3.05) is 21.3 Å². The van der Waals surface area contributed by atoms with Crippen molar-refractivity contribution in [3.8, 4) is 11.5 Å². The van der Waals surface area contributed by atoms with Crippen LogP contribution < -0.4 is 14.8 Å². The molecule has 0 aliphatic heterocycles. The lowest BCUT2D eigenvalue weighted by atomic mass is 9.86. The van der Waals surface area contributed by atoms with Crippen molar-refractivity contribution in [2.45, 2.75) is 38.3 Å². The predicted molar refractivity (Wildman–Crippen MR) is 84.1 cm³/mol. The van der Waals surface area contributed by atoms with Crippen molar-refractivity contribution in [1.82, 2.24) is 5.32 Å². The zero-order valence-electron chi connectivity index (χ0n) is 13.6. The number of esters is 1. The Morgan fingerprint density at radius 1 is 1.14 bits per heavy atom. The second-order valence-electron chi connectivity index (χ2n) is 5.61. The largest absolute Gasteiger partial charge is 0.493 e. The van der Waals surface area contributed by atoms with Crippen LogP contribution in [0.3, 0.4) is 0 Å². The van der Waals surface area contributed by atoms with E-state index in [0.717, 1.165) is 49.3 Å². The highest BCUT2D eigenvalue weighted by atomic mass is 16.5. The number of ether oxygens (including phenoxy) is 3. The van der Waals surface area contributed by atoms with Gasteiger partial charge in [-0.15, -0.1) is 0 Å². The van der Waals surface area contributed by atoms with E-state index in [9.17, 15) is 4.79 Å². The van der Waals surface area contributed by atoms with Crippen LogP contribution in [0.15, 0.2) is 18.2 Å². The van der Waals surface area contributed by atoms with E-state index in [1.54, 1.807) is 14.2 Å². The number of rotatable bonds is 6. The lowest BCUT2D eigenvalue weighted by molar-refractivity contribution is -0.146. The molecule has 1 aromatic carbocycles. The first-order valence-corrected chi connectivity index (χ1v) is 7.70. The lowest BCUT2D eigenvalue weighted by Crippen LogP contribution is -2.34. The average molecular weight is 307 g/mol. The van der Waals surface area contributed by atoms with Gasteiger partial charge < -0.3 is 19.5 Å². The molecule has 0 aromatic heterocycles. The predicted octanol–water partition coefficient (Wildman–Crippen LogP) is 2.53. The molecule has 0 unspecified atom stereocenters. The molecule has 1 aromatic rings. The minimum Gasteiger partial charge on any atom is -0.493 e. The zero-order valence-corrected chi connectivity index (χ0v) is 13.6. The monoisotopic (exact) mass is 307 g/mol. The van der Waals surface area contributed by atoms with E-state index >= 15 is 0 Å². The van der Waals surface area contributed by atoms with E-state index in [1.165, 1.54) is 7.11 Å². The normalized spacial score (nSPS) is 21.2. The van der Waals surface area contributed by atoms with E-state index < -0.39 is 0 Å². The first kappa shape index (κ1) is 16.6. The van der Waals surface area contributed by atoms with Crippen LogP contribution in [0, 0.1) is 5.92 Å². The maximum absolute atomic E-state index is 11.5. The molecule has 1 aliphatic carbocycles. The van der Waals surface area contributed by atoms with Gasteiger partial charge in [-0.25, -0.2) is 0 Å². The highest BCUT2D eigenvalue weighted by Gasteiger charge is 2.26. The van der Waals surface area contributed by atoms with Gasteiger partial charge >= 0.3 is 5.97 Å². The van der Waals surface area contributed by atoms with Gasteiger partial charge in [0.15, 0.2) is 11.5 Å². The summed E-state index contributed by atoms with van der Waals surface area (Å²) in [5, 5.41) is 3.55. The number of carbonyl (C=O) groups is 1. The van der Waals surface area contributed by atoms with E-state index in [4.69, 9.17) is 14.2 Å². The molecule has 22 heavy (non-hydrogen) atoms. The van der Waals surface area contributed by atoms with Crippen LogP contribution >= 0.6 is 0 Å². The van der Waals surface area contributed by atoms with Gasteiger partial charge in [-0.05, 0) is 31.7 Å². The molecule has 0 heterocycles. The lowest BCUT2D eigenvalue weighted by Gasteiger charge is -2.28. The van der Waals surface area contributed by atoms with Gasteiger partial charge in [-0.1, -0.05) is 12.1 Å². The highest BCUT2D eigenvalue weighted by Crippen LogP contribution is 2.31. The summed E-state index contributed by atoms with van der Waals surface area (Å²) in [5.74, 6) is 1.51. The second kappa shape index (κ2) is 8.03. The third-order valence-electron chi connectivity index (χ3n) is 4.33. The van der Waals surface area contributed by atoms with Crippen LogP contribution in [0.5, 0.6) is 11.5 Å². The topological polar surface area (TPSA) is 56.8 Å². The van der Waals surface area contributed by atoms with Crippen LogP contribution in [-0.4, -0.2) is 33.3 Å². The minimum atomic E-state index is -0.0760. The van der Waals surface area contributed by atoms with Gasteiger partial charge in [0, 0.05) is 18.2 Å². The Labute approximate surface area is 131 Å². The van der Waals surface area contributed by atoms with Gasteiger partial charge in [0.2, 0.25) is 0 Å². The maximum atomic E-state index is 11.5. The summed E-state index contributed by atoms with van der Waals surface area (Å²) in [6.45, 7) is 0.730. The van der Waals surface area contributed by atoms with E-state index in [2.05, 4.69) is 5.32 Å². The van der Waals surface area contributed by atoms with E-state index in [0.29, 0.717) is 6.04 Å². The first-order chi connectivity index (χ1) is 10.7. The average Bonchev–Trinajstić information content (AvgIpc) is 2.59. The molecule has 0 bridgehead atoms. The SMILES string of the molecule is COC(=O)C1CCC(NCc2cccc(OC)c2OC)CC1. The maximum Gasteiger partial charge on any atom is 0.308 e. The number of carbonyl (C=O) groups excluding carboxylic acids is 1. The summed E-state index contributed by atoms with van der Waals surface area (Å²) in [6.07, 6.45) is 3.76. The zero-order chi connectivity index (χ0) is 15.9. The molecule has 5 nitrogen and oxygen atoms in total. The Bertz CT molecular complexity index is 495. The van der Waals surface area contributed by atoms with Crippen LogP contribution in [-0.2, 0) is 16.1 Å². The number of para-hydroxylation sites is 1. The van der Waals surface area contributed by atoms with Crippen molar-refractivity contribution in [2.24, 2.45) is 5.92 Å². The van der Waals surface area contributed by atoms with Gasteiger partial charge in [-0.2, -0.15) is 0 Å². The molecule has 1 aliphatic rings. The highest BCUT2D eigenvalue weighted by molar-refractivity contribution is 5.72. The smallest absolute Gasteiger partial charge is 0.308 e. The Kier molecular flexibility index (Phi) is 6.07. The standard InChI is InChI=1S/C17H25NO4/c1-20-15-6-4-5-13(16(15)21-2)11-18-14-9-7-12(8-10-14)17(19)22-3/h4-6,12,14,18H,7-11H2,1-3H3. The fourth-order valence-corrected chi connectivity index (χ4v) is 3.05. The van der Waals surface area contributed by atoms with Crippen LogP contribution in [0.2, 0.25) is 0 Å². The summed E-state index contributed by atoms with van der Waals surface area (Å²) in [4.78, 5) is 11.5. The third-order valence-corrected chi connectivity index (χ3v) is 4.33. The molecular weight excluding hydrogens is 282 g/mol. The molecule has 5 heteroatoms. The summed E-state index contributed by atoms with van der Waals surface area (Å²) in [5.41, 5.74) is 1.08. The van der Waals surface area contributed by atoms with Crippen molar-refractivity contribution in [1.29, 1.82) is 0 Å². The number of benzene rings is 1. The second-order valence-corrected chi connectivity index (χ2v) is 5.61. The number of hydrogen-bond acceptors (Lipinski definition) is 5. The Balaban J connectivity index is 1.88. The van der Waals surface area contributed by atoms with Crippen molar-refractivity contribution >= 4 is 5.97 Å². The van der Waals surface area contributed by atoms with Crippen molar-refractivity contribution < 1.29 is 19.0 Å². The van der Waals surface area contributed by atoms with Crippen LogP contribution in [0.1, 0.15) is 31.2 Å². The Morgan fingerprint density at radius 2 is 1.86 bits per heavy atom. The summed E-state index contributed by atoms with van der Waals surface area (Å²) in [6, 6.07) is 6.32. The number of hydrogen-bond donors (Lipinski definition) is 1.